The maximum atomic E-state index is 8.82. The third-order valence-electron chi connectivity index (χ3n) is 1.25. The largest absolute Gasteiger partial charge is 0.207 e. The first-order valence-corrected chi connectivity index (χ1v) is 3.19. The molecular weight excluding hydrogens is 118 g/mol. The summed E-state index contributed by atoms with van der Waals surface area (Å²) in [7, 11) is 0. The minimum Gasteiger partial charge on any atom is -0.188 e. The van der Waals surface area contributed by atoms with Crippen LogP contribution in [0.25, 0.3) is 0 Å². The number of hydrogen-bond acceptors (Lipinski definition) is 2. The Hall–Kier alpha value is -0.420. The van der Waals surface area contributed by atoms with Gasteiger partial charge in [0.15, 0.2) is 6.20 Å². The fourth-order valence-corrected chi connectivity index (χ4v) is 0.843. The van der Waals surface area contributed by atoms with Crippen molar-refractivity contribution in [3.05, 3.63) is 12.4 Å². The van der Waals surface area contributed by atoms with Gasteiger partial charge in [0.05, 0.1) is 0 Å². The Balaban J connectivity index is 2.24. The standard InChI is InChI=1S/C5H11N3O/c1-2-3-7-4-5-8(9)6-7/h4-6,9H,2-3H2,1H3/p+2. The molecule has 1 aliphatic heterocycles. The van der Waals surface area contributed by atoms with Crippen molar-refractivity contribution in [2.75, 3.05) is 6.54 Å². The third kappa shape index (κ3) is 1.76. The van der Waals surface area contributed by atoms with Gasteiger partial charge in [0.1, 0.15) is 6.54 Å². The summed E-state index contributed by atoms with van der Waals surface area (Å²) >= 11 is 0. The van der Waals surface area contributed by atoms with E-state index >= 15 is 0 Å². The molecule has 4 heteroatoms. The number of rotatable bonds is 2. The zero-order chi connectivity index (χ0) is 6.69. The van der Waals surface area contributed by atoms with E-state index in [-0.39, 0.29) is 5.17 Å². The summed E-state index contributed by atoms with van der Waals surface area (Å²) in [5.41, 5.74) is 2.83. The van der Waals surface area contributed by atoms with E-state index in [0.717, 1.165) is 18.0 Å². The Kier molecular flexibility index (Phi) is 2.18. The number of hydrogen-bond donors (Lipinski definition) is 4. The molecule has 0 saturated heterocycles. The third-order valence-corrected chi connectivity index (χ3v) is 1.25. The highest BCUT2D eigenvalue weighted by Gasteiger charge is 2.17. The van der Waals surface area contributed by atoms with Crippen LogP contribution < -0.4 is 15.7 Å². The van der Waals surface area contributed by atoms with Crippen molar-refractivity contribution < 1.29 is 15.4 Å². The highest BCUT2D eigenvalue weighted by atomic mass is 16.6. The van der Waals surface area contributed by atoms with E-state index in [4.69, 9.17) is 5.21 Å². The summed E-state index contributed by atoms with van der Waals surface area (Å²) in [6.45, 7) is 3.12. The van der Waals surface area contributed by atoms with E-state index in [1.54, 1.807) is 6.20 Å². The average Bonchev–Trinajstić information content (AvgIpc) is 2.17. The van der Waals surface area contributed by atoms with Gasteiger partial charge in [0.25, 0.3) is 0 Å². The zero-order valence-corrected chi connectivity index (χ0v) is 5.52. The summed E-state index contributed by atoms with van der Waals surface area (Å²) in [6.07, 6.45) is 4.68. The summed E-state index contributed by atoms with van der Waals surface area (Å²) in [6, 6.07) is 0. The molecule has 0 spiro atoms. The minimum atomic E-state index is 0.262. The molecule has 0 aromatic carbocycles. The van der Waals surface area contributed by atoms with Crippen LogP contribution in [-0.4, -0.2) is 11.8 Å². The van der Waals surface area contributed by atoms with Crippen LogP contribution >= 0.6 is 0 Å². The molecule has 4 N–H and O–H groups in total. The first-order chi connectivity index (χ1) is 4.33. The number of hydroxylamine groups is 1. The minimum absolute atomic E-state index is 0.262. The lowest BCUT2D eigenvalue weighted by Gasteiger charge is -2.04. The first-order valence-electron chi connectivity index (χ1n) is 3.19. The predicted octanol–water partition coefficient (Wildman–Crippen LogP) is -2.54. The normalized spacial score (nSPS) is 33.6. The van der Waals surface area contributed by atoms with E-state index in [1.807, 2.05) is 6.20 Å². The highest BCUT2D eigenvalue weighted by Crippen LogP contribution is 1.62. The molecule has 2 atom stereocenters. The quantitative estimate of drug-likeness (QED) is 0.333. The van der Waals surface area contributed by atoms with Crippen LogP contribution in [0, 0.1) is 0 Å². The molecule has 0 aliphatic carbocycles. The van der Waals surface area contributed by atoms with Gasteiger partial charge in [-0.05, 0) is 11.6 Å². The van der Waals surface area contributed by atoms with Crippen LogP contribution in [0.1, 0.15) is 13.3 Å². The molecule has 1 aliphatic rings. The Labute approximate surface area is 54.3 Å². The van der Waals surface area contributed by atoms with Gasteiger partial charge < -0.3 is 0 Å². The fourth-order valence-electron chi connectivity index (χ4n) is 0.843. The molecule has 2 unspecified atom stereocenters. The van der Waals surface area contributed by atoms with Crippen LogP contribution in [0.5, 0.6) is 0 Å². The smallest absolute Gasteiger partial charge is 0.188 e. The Bertz CT molecular complexity index is 115. The van der Waals surface area contributed by atoms with Gasteiger partial charge >= 0.3 is 0 Å². The van der Waals surface area contributed by atoms with Crippen molar-refractivity contribution in [2.24, 2.45) is 0 Å². The Morgan fingerprint density at radius 3 is 2.78 bits per heavy atom. The molecule has 1 rings (SSSR count). The summed E-state index contributed by atoms with van der Waals surface area (Å²) in [4.78, 5) is 0. The number of nitrogens with one attached hydrogen (secondary N) is 3. The second-order valence-electron chi connectivity index (χ2n) is 2.12. The summed E-state index contributed by atoms with van der Waals surface area (Å²) in [5.74, 6) is 0. The molecule has 0 bridgehead atoms. The zero-order valence-electron chi connectivity index (χ0n) is 5.52. The van der Waals surface area contributed by atoms with Crippen LogP contribution in [0.2, 0.25) is 0 Å². The van der Waals surface area contributed by atoms with Gasteiger partial charge in [-0.15, -0.1) is 0 Å². The molecule has 1 heterocycles. The summed E-state index contributed by atoms with van der Waals surface area (Å²) in [5, 5.41) is 10.2. The molecule has 0 fully saturated rings. The highest BCUT2D eigenvalue weighted by molar-refractivity contribution is 4.55. The van der Waals surface area contributed by atoms with Gasteiger partial charge in [0, 0.05) is 5.53 Å². The predicted molar refractivity (Wildman–Crippen MR) is 31.1 cm³/mol. The molecular formula is C5H13N3O+2. The Morgan fingerprint density at radius 2 is 2.33 bits per heavy atom. The first kappa shape index (κ1) is 6.70. The van der Waals surface area contributed by atoms with Crippen molar-refractivity contribution in [3.8, 4) is 0 Å². The lowest BCUT2D eigenvalue weighted by Crippen LogP contribution is -3.30. The van der Waals surface area contributed by atoms with Crippen molar-refractivity contribution in [1.82, 2.24) is 5.53 Å². The van der Waals surface area contributed by atoms with Crippen molar-refractivity contribution in [3.63, 3.8) is 0 Å². The van der Waals surface area contributed by atoms with Crippen LogP contribution in [0.15, 0.2) is 12.4 Å². The van der Waals surface area contributed by atoms with Gasteiger partial charge in [-0.1, -0.05) is 6.92 Å². The molecule has 0 amide bonds. The molecule has 9 heavy (non-hydrogen) atoms. The van der Waals surface area contributed by atoms with E-state index in [9.17, 15) is 0 Å². The van der Waals surface area contributed by atoms with Crippen LogP contribution in [0.4, 0.5) is 0 Å². The van der Waals surface area contributed by atoms with Crippen LogP contribution in [-0.2, 0) is 0 Å². The fraction of sp³-hybridized carbons (Fsp3) is 0.600. The molecule has 0 radical (unpaired) electrons. The molecule has 4 nitrogen and oxygen atoms in total. The van der Waals surface area contributed by atoms with Gasteiger partial charge in [0.2, 0.25) is 6.20 Å². The maximum Gasteiger partial charge on any atom is 0.207 e. The van der Waals surface area contributed by atoms with Gasteiger partial charge in [-0.25, -0.2) is 0 Å². The molecule has 52 valence electrons. The second-order valence-corrected chi connectivity index (χ2v) is 2.12. The molecule has 0 aromatic heterocycles. The van der Waals surface area contributed by atoms with Crippen molar-refractivity contribution in [2.45, 2.75) is 13.3 Å². The number of quaternary nitrogens is 2. The Morgan fingerprint density at radius 1 is 1.56 bits per heavy atom. The SMILES string of the molecule is CCC[NH+]1C=C[NH+](O)N1. The van der Waals surface area contributed by atoms with E-state index in [0.29, 0.717) is 0 Å². The monoisotopic (exact) mass is 131 g/mol. The van der Waals surface area contributed by atoms with Crippen LogP contribution in [0.3, 0.4) is 0 Å². The lowest BCUT2D eigenvalue weighted by molar-refractivity contribution is -1.19. The second kappa shape index (κ2) is 2.93. The van der Waals surface area contributed by atoms with Crippen molar-refractivity contribution >= 4 is 0 Å². The van der Waals surface area contributed by atoms with Gasteiger partial charge in [-0.3, -0.25) is 0 Å². The summed E-state index contributed by atoms with van der Waals surface area (Å²) < 4.78 is 0. The van der Waals surface area contributed by atoms with Crippen molar-refractivity contribution in [1.29, 1.82) is 0 Å². The molecule has 0 saturated carbocycles. The van der Waals surface area contributed by atoms with Gasteiger partial charge in [-0.2, -0.15) is 10.2 Å². The lowest BCUT2D eigenvalue weighted by atomic mass is 10.5. The average molecular weight is 131 g/mol. The molecule has 0 aromatic rings. The maximum absolute atomic E-state index is 8.82. The van der Waals surface area contributed by atoms with E-state index < -0.39 is 0 Å². The topological polar surface area (TPSA) is 41.1 Å². The van der Waals surface area contributed by atoms with E-state index in [2.05, 4.69) is 12.5 Å². The van der Waals surface area contributed by atoms with E-state index in [1.165, 1.54) is 0 Å².